The van der Waals surface area contributed by atoms with Gasteiger partial charge in [-0.3, -0.25) is 4.79 Å². The number of aryl methyl sites for hydroxylation is 1. The second-order valence-corrected chi connectivity index (χ2v) is 6.15. The van der Waals surface area contributed by atoms with Crippen molar-refractivity contribution in [3.63, 3.8) is 0 Å². The predicted molar refractivity (Wildman–Crippen MR) is 78.6 cm³/mol. The minimum Gasteiger partial charge on any atom is -0.313 e. The highest BCUT2D eigenvalue weighted by Crippen LogP contribution is 2.27. The van der Waals surface area contributed by atoms with Gasteiger partial charge in [-0.05, 0) is 44.5 Å². The van der Waals surface area contributed by atoms with E-state index in [2.05, 4.69) is 35.5 Å². The Bertz CT molecular complexity index is 622. The quantitative estimate of drug-likeness (QED) is 0.885. The molecule has 1 amide bonds. The van der Waals surface area contributed by atoms with Crippen LogP contribution in [0.3, 0.4) is 0 Å². The number of anilines is 1. The van der Waals surface area contributed by atoms with Crippen molar-refractivity contribution < 1.29 is 4.79 Å². The van der Waals surface area contributed by atoms with Crippen molar-refractivity contribution in [1.82, 2.24) is 10.3 Å². The van der Waals surface area contributed by atoms with Crippen molar-refractivity contribution in [2.24, 2.45) is 5.92 Å². The molecular formula is C14H17N3OS. The third-order valence-electron chi connectivity index (χ3n) is 3.64. The van der Waals surface area contributed by atoms with Gasteiger partial charge in [-0.2, -0.15) is 0 Å². The van der Waals surface area contributed by atoms with Crippen molar-refractivity contribution in [3.8, 4) is 0 Å². The molecule has 0 bridgehead atoms. The number of amides is 1. The number of benzene rings is 1. The first-order valence-corrected chi connectivity index (χ1v) is 7.36. The summed E-state index contributed by atoms with van der Waals surface area (Å²) < 4.78 is 1.12. The van der Waals surface area contributed by atoms with Crippen LogP contribution in [0.2, 0.25) is 0 Å². The monoisotopic (exact) mass is 275 g/mol. The highest BCUT2D eigenvalue weighted by Gasteiger charge is 2.29. The van der Waals surface area contributed by atoms with E-state index in [0.717, 1.165) is 23.2 Å². The summed E-state index contributed by atoms with van der Waals surface area (Å²) in [5.41, 5.74) is 2.16. The number of aromatic nitrogens is 1. The van der Waals surface area contributed by atoms with E-state index in [1.807, 2.05) is 12.1 Å². The Labute approximate surface area is 116 Å². The number of nitrogens with one attached hydrogen (secondary N) is 2. The summed E-state index contributed by atoms with van der Waals surface area (Å²) in [6.45, 7) is 5.03. The van der Waals surface area contributed by atoms with Gasteiger partial charge in [0.15, 0.2) is 5.13 Å². The number of rotatable bonds is 2. The molecule has 2 heterocycles. The molecule has 2 N–H and O–H groups in total. The molecular weight excluding hydrogens is 258 g/mol. The number of thiazole rings is 1. The van der Waals surface area contributed by atoms with Crippen LogP contribution in [0.15, 0.2) is 18.2 Å². The molecule has 100 valence electrons. The average molecular weight is 275 g/mol. The van der Waals surface area contributed by atoms with E-state index in [9.17, 15) is 4.79 Å². The van der Waals surface area contributed by atoms with Crippen LogP contribution in [0.25, 0.3) is 10.2 Å². The van der Waals surface area contributed by atoms with Crippen molar-refractivity contribution in [2.75, 3.05) is 11.9 Å². The summed E-state index contributed by atoms with van der Waals surface area (Å²) in [5.74, 6) is 0.127. The third kappa shape index (κ3) is 2.48. The number of nitrogens with zero attached hydrogens (tertiary/aromatic N) is 1. The van der Waals surface area contributed by atoms with Crippen LogP contribution in [-0.2, 0) is 4.79 Å². The summed E-state index contributed by atoms with van der Waals surface area (Å²) >= 11 is 1.54. The molecule has 1 aliphatic rings. The van der Waals surface area contributed by atoms with Crippen molar-refractivity contribution in [3.05, 3.63) is 23.8 Å². The molecule has 4 nitrogen and oxygen atoms in total. The van der Waals surface area contributed by atoms with Crippen LogP contribution in [0, 0.1) is 12.8 Å². The van der Waals surface area contributed by atoms with E-state index in [4.69, 9.17) is 0 Å². The van der Waals surface area contributed by atoms with Gasteiger partial charge in [-0.25, -0.2) is 4.98 Å². The molecule has 1 aliphatic heterocycles. The van der Waals surface area contributed by atoms with Gasteiger partial charge in [0.1, 0.15) is 0 Å². The molecule has 2 unspecified atom stereocenters. The maximum absolute atomic E-state index is 12.2. The first-order valence-electron chi connectivity index (χ1n) is 6.55. The molecule has 0 aliphatic carbocycles. The molecule has 1 aromatic carbocycles. The molecule has 1 saturated heterocycles. The number of fused-ring (bicyclic) bond motifs is 1. The third-order valence-corrected chi connectivity index (χ3v) is 4.57. The second-order valence-electron chi connectivity index (χ2n) is 5.12. The summed E-state index contributed by atoms with van der Waals surface area (Å²) in [6, 6.07) is 6.38. The van der Waals surface area contributed by atoms with Gasteiger partial charge in [0.2, 0.25) is 5.91 Å². The van der Waals surface area contributed by atoms with Crippen molar-refractivity contribution in [1.29, 1.82) is 0 Å². The Hall–Kier alpha value is -1.46. The van der Waals surface area contributed by atoms with Crippen LogP contribution in [0.1, 0.15) is 18.9 Å². The van der Waals surface area contributed by atoms with E-state index in [-0.39, 0.29) is 17.9 Å². The fourth-order valence-electron chi connectivity index (χ4n) is 2.50. The fraction of sp³-hybridized carbons (Fsp3) is 0.429. The van der Waals surface area contributed by atoms with Crippen LogP contribution >= 0.6 is 11.3 Å². The van der Waals surface area contributed by atoms with E-state index >= 15 is 0 Å². The zero-order valence-corrected chi connectivity index (χ0v) is 11.9. The fourth-order valence-corrected chi connectivity index (χ4v) is 3.47. The Morgan fingerprint density at radius 1 is 1.53 bits per heavy atom. The van der Waals surface area contributed by atoms with Gasteiger partial charge in [-0.1, -0.05) is 17.4 Å². The lowest BCUT2D eigenvalue weighted by molar-refractivity contribution is -0.119. The molecule has 0 saturated carbocycles. The van der Waals surface area contributed by atoms with E-state index in [1.54, 1.807) is 0 Å². The van der Waals surface area contributed by atoms with E-state index < -0.39 is 0 Å². The van der Waals surface area contributed by atoms with Crippen molar-refractivity contribution in [2.45, 2.75) is 26.3 Å². The summed E-state index contributed by atoms with van der Waals surface area (Å²) in [6.07, 6.45) is 0.900. The molecule has 3 rings (SSSR count). The molecule has 1 fully saturated rings. The van der Waals surface area contributed by atoms with Gasteiger partial charge < -0.3 is 10.6 Å². The van der Waals surface area contributed by atoms with E-state index in [1.165, 1.54) is 16.9 Å². The van der Waals surface area contributed by atoms with Crippen LogP contribution in [0.4, 0.5) is 5.13 Å². The molecule has 0 radical (unpaired) electrons. The van der Waals surface area contributed by atoms with Gasteiger partial charge in [-0.15, -0.1) is 0 Å². The summed E-state index contributed by atoms with van der Waals surface area (Å²) in [4.78, 5) is 16.6. The Balaban J connectivity index is 1.79. The minimum atomic E-state index is 0.0498. The standard InChI is InChI=1S/C14H17N3OS/c1-8-3-4-11-12(7-8)19-14(16-11)17-13(18)10-5-6-15-9(10)2/h3-4,7,9-10,15H,5-6H2,1-2H3,(H,16,17,18). The van der Waals surface area contributed by atoms with Crippen LogP contribution in [0.5, 0.6) is 0 Å². The summed E-state index contributed by atoms with van der Waals surface area (Å²) in [5, 5.41) is 6.94. The SMILES string of the molecule is Cc1ccc2nc(NC(=O)C3CCNC3C)sc2c1. The first-order chi connectivity index (χ1) is 9.13. The molecule has 5 heteroatoms. The van der Waals surface area contributed by atoms with Crippen LogP contribution < -0.4 is 10.6 Å². The lowest BCUT2D eigenvalue weighted by atomic mass is 10.0. The first kappa shape index (κ1) is 12.6. The van der Waals surface area contributed by atoms with Gasteiger partial charge >= 0.3 is 0 Å². The topological polar surface area (TPSA) is 54.0 Å². The zero-order valence-electron chi connectivity index (χ0n) is 11.1. The molecule has 2 aromatic rings. The lowest BCUT2D eigenvalue weighted by Gasteiger charge is -2.13. The second kappa shape index (κ2) is 4.90. The number of hydrogen-bond donors (Lipinski definition) is 2. The van der Waals surface area contributed by atoms with Gasteiger partial charge in [0.25, 0.3) is 0 Å². The zero-order chi connectivity index (χ0) is 13.4. The molecule has 0 spiro atoms. The Morgan fingerprint density at radius 2 is 2.37 bits per heavy atom. The molecule has 2 atom stereocenters. The van der Waals surface area contributed by atoms with Crippen molar-refractivity contribution >= 4 is 32.6 Å². The number of carbonyl (C=O) groups excluding carboxylic acids is 1. The Morgan fingerprint density at radius 3 is 3.11 bits per heavy atom. The van der Waals surface area contributed by atoms with Crippen LogP contribution in [-0.4, -0.2) is 23.5 Å². The van der Waals surface area contributed by atoms with E-state index in [0.29, 0.717) is 5.13 Å². The number of hydrogen-bond acceptors (Lipinski definition) is 4. The summed E-state index contributed by atoms with van der Waals surface area (Å²) in [7, 11) is 0. The highest BCUT2D eigenvalue weighted by molar-refractivity contribution is 7.22. The Kier molecular flexibility index (Phi) is 3.24. The number of carbonyl (C=O) groups is 1. The highest BCUT2D eigenvalue weighted by atomic mass is 32.1. The smallest absolute Gasteiger partial charge is 0.230 e. The normalized spacial score (nSPS) is 22.8. The minimum absolute atomic E-state index is 0.0498. The van der Waals surface area contributed by atoms with Gasteiger partial charge in [0, 0.05) is 6.04 Å². The maximum Gasteiger partial charge on any atom is 0.230 e. The predicted octanol–water partition coefficient (Wildman–Crippen LogP) is 2.54. The largest absolute Gasteiger partial charge is 0.313 e. The maximum atomic E-state index is 12.2. The van der Waals surface area contributed by atoms with Gasteiger partial charge in [0.05, 0.1) is 16.1 Å². The lowest BCUT2D eigenvalue weighted by Crippen LogP contribution is -2.31. The average Bonchev–Trinajstić information content (AvgIpc) is 2.94. The molecule has 19 heavy (non-hydrogen) atoms. The molecule has 1 aromatic heterocycles.